The maximum Gasteiger partial charge on any atom is 0.233 e. The van der Waals surface area contributed by atoms with Crippen molar-refractivity contribution in [3.63, 3.8) is 0 Å². The molecule has 0 heterocycles. The number of halogens is 2. The van der Waals surface area contributed by atoms with Gasteiger partial charge in [0.1, 0.15) is 6.42 Å². The standard InChI is InChI=1S/C16H14Cl2N2O2/c1-10-8-11(17)6-7-13(10)19-15(21)9-16(22)20-14-5-3-2-4-12(14)18/h2-8H,9H2,1H3,(H,19,21)(H,20,22). The lowest BCUT2D eigenvalue weighted by molar-refractivity contribution is -0.123. The first kappa shape index (κ1) is 16.3. The predicted octanol–water partition coefficient (Wildman–Crippen LogP) is 4.27. The molecule has 0 bridgehead atoms. The highest BCUT2D eigenvalue weighted by atomic mass is 35.5. The van der Waals surface area contributed by atoms with E-state index in [2.05, 4.69) is 10.6 Å². The Bertz CT molecular complexity index is 717. The number of hydrogen-bond acceptors (Lipinski definition) is 2. The normalized spacial score (nSPS) is 10.1. The zero-order valence-electron chi connectivity index (χ0n) is 11.8. The summed E-state index contributed by atoms with van der Waals surface area (Å²) in [5.41, 5.74) is 1.93. The molecule has 0 aliphatic rings. The van der Waals surface area contributed by atoms with Crippen molar-refractivity contribution in [2.24, 2.45) is 0 Å². The molecule has 114 valence electrons. The van der Waals surface area contributed by atoms with Crippen LogP contribution < -0.4 is 10.6 Å². The van der Waals surface area contributed by atoms with E-state index < -0.39 is 11.8 Å². The van der Waals surface area contributed by atoms with Gasteiger partial charge < -0.3 is 10.6 Å². The fraction of sp³-hybridized carbons (Fsp3) is 0.125. The molecule has 0 saturated carbocycles. The lowest BCUT2D eigenvalue weighted by atomic mass is 10.2. The Morgan fingerprint density at radius 2 is 1.59 bits per heavy atom. The van der Waals surface area contributed by atoms with E-state index in [4.69, 9.17) is 23.2 Å². The summed E-state index contributed by atoms with van der Waals surface area (Å²) in [4.78, 5) is 23.7. The Morgan fingerprint density at radius 3 is 2.23 bits per heavy atom. The molecule has 6 heteroatoms. The van der Waals surface area contributed by atoms with Crippen molar-refractivity contribution < 1.29 is 9.59 Å². The van der Waals surface area contributed by atoms with Gasteiger partial charge in [-0.1, -0.05) is 35.3 Å². The number of anilines is 2. The molecular formula is C16H14Cl2N2O2. The lowest BCUT2D eigenvalue weighted by Gasteiger charge is -2.09. The maximum absolute atomic E-state index is 11.9. The summed E-state index contributed by atoms with van der Waals surface area (Å²) in [6, 6.07) is 11.9. The van der Waals surface area contributed by atoms with Crippen molar-refractivity contribution in [3.05, 3.63) is 58.1 Å². The molecule has 4 nitrogen and oxygen atoms in total. The first-order valence-electron chi connectivity index (χ1n) is 6.56. The van der Waals surface area contributed by atoms with E-state index in [0.29, 0.717) is 21.4 Å². The van der Waals surface area contributed by atoms with Crippen LogP contribution in [0.2, 0.25) is 10.0 Å². The van der Waals surface area contributed by atoms with Crippen LogP contribution in [-0.2, 0) is 9.59 Å². The zero-order valence-corrected chi connectivity index (χ0v) is 13.3. The number of nitrogens with one attached hydrogen (secondary N) is 2. The number of carbonyl (C=O) groups is 2. The summed E-state index contributed by atoms with van der Waals surface area (Å²) in [7, 11) is 0. The van der Waals surface area contributed by atoms with Gasteiger partial charge in [-0.25, -0.2) is 0 Å². The summed E-state index contributed by atoms with van der Waals surface area (Å²) in [6.07, 6.45) is -0.298. The van der Waals surface area contributed by atoms with Gasteiger partial charge in [0.05, 0.1) is 10.7 Å². The van der Waals surface area contributed by atoms with Gasteiger partial charge in [0.2, 0.25) is 11.8 Å². The van der Waals surface area contributed by atoms with Gasteiger partial charge in [0.25, 0.3) is 0 Å². The highest BCUT2D eigenvalue weighted by Crippen LogP contribution is 2.21. The quantitative estimate of drug-likeness (QED) is 0.819. The van der Waals surface area contributed by atoms with Crippen LogP contribution in [0, 0.1) is 6.92 Å². The SMILES string of the molecule is Cc1cc(Cl)ccc1NC(=O)CC(=O)Nc1ccccc1Cl. The summed E-state index contributed by atoms with van der Waals surface area (Å²) in [5, 5.41) is 6.29. The van der Waals surface area contributed by atoms with Crippen LogP contribution in [-0.4, -0.2) is 11.8 Å². The van der Waals surface area contributed by atoms with Crippen molar-refractivity contribution in [1.29, 1.82) is 0 Å². The first-order chi connectivity index (χ1) is 10.5. The number of carbonyl (C=O) groups excluding carboxylic acids is 2. The number of aryl methyl sites for hydroxylation is 1. The Morgan fingerprint density at radius 1 is 0.955 bits per heavy atom. The van der Waals surface area contributed by atoms with E-state index in [1.54, 1.807) is 42.5 Å². The lowest BCUT2D eigenvalue weighted by Crippen LogP contribution is -2.21. The zero-order chi connectivity index (χ0) is 16.1. The van der Waals surface area contributed by atoms with Crippen LogP contribution in [0.4, 0.5) is 11.4 Å². The third-order valence-electron chi connectivity index (χ3n) is 2.93. The van der Waals surface area contributed by atoms with Gasteiger partial charge in [-0.3, -0.25) is 9.59 Å². The molecule has 2 rings (SSSR count). The minimum atomic E-state index is -0.433. The van der Waals surface area contributed by atoms with E-state index in [0.717, 1.165) is 5.56 Å². The van der Waals surface area contributed by atoms with Gasteiger partial charge in [0.15, 0.2) is 0 Å². The van der Waals surface area contributed by atoms with Gasteiger partial charge >= 0.3 is 0 Å². The molecule has 2 amide bonds. The Labute approximate surface area is 138 Å². The fourth-order valence-corrected chi connectivity index (χ4v) is 2.27. The minimum Gasteiger partial charge on any atom is -0.325 e. The topological polar surface area (TPSA) is 58.2 Å². The first-order valence-corrected chi connectivity index (χ1v) is 7.31. The van der Waals surface area contributed by atoms with Crippen LogP contribution in [0.1, 0.15) is 12.0 Å². The van der Waals surface area contributed by atoms with Crippen LogP contribution in [0.25, 0.3) is 0 Å². The summed E-state index contributed by atoms with van der Waals surface area (Å²) in [5.74, 6) is -0.841. The Kier molecular flexibility index (Phi) is 5.41. The third kappa shape index (κ3) is 4.48. The molecule has 0 aliphatic carbocycles. The second-order valence-electron chi connectivity index (χ2n) is 4.71. The molecule has 0 fully saturated rings. The number of hydrogen-bond donors (Lipinski definition) is 2. The Hall–Kier alpha value is -2.04. The predicted molar refractivity (Wildman–Crippen MR) is 89.5 cm³/mol. The van der Waals surface area contributed by atoms with Crippen molar-refractivity contribution in [3.8, 4) is 0 Å². The number of benzene rings is 2. The third-order valence-corrected chi connectivity index (χ3v) is 3.50. The molecule has 0 radical (unpaired) electrons. The molecular weight excluding hydrogens is 323 g/mol. The van der Waals surface area contributed by atoms with Crippen molar-refractivity contribution in [2.45, 2.75) is 13.3 Å². The molecule has 2 aromatic carbocycles. The van der Waals surface area contributed by atoms with Crippen LogP contribution in [0.3, 0.4) is 0 Å². The second-order valence-corrected chi connectivity index (χ2v) is 5.56. The summed E-state index contributed by atoms with van der Waals surface area (Å²) in [6.45, 7) is 1.82. The van der Waals surface area contributed by atoms with Crippen LogP contribution in [0.5, 0.6) is 0 Å². The van der Waals surface area contributed by atoms with Crippen molar-refractivity contribution in [2.75, 3.05) is 10.6 Å². The van der Waals surface area contributed by atoms with E-state index in [1.807, 2.05) is 6.92 Å². The van der Waals surface area contributed by atoms with E-state index in [9.17, 15) is 9.59 Å². The Balaban J connectivity index is 1.94. The van der Waals surface area contributed by atoms with Gasteiger partial charge in [-0.15, -0.1) is 0 Å². The van der Waals surface area contributed by atoms with E-state index in [-0.39, 0.29) is 6.42 Å². The molecule has 0 unspecified atom stereocenters. The van der Waals surface area contributed by atoms with Gasteiger partial charge in [-0.2, -0.15) is 0 Å². The molecule has 22 heavy (non-hydrogen) atoms. The molecule has 0 saturated heterocycles. The monoisotopic (exact) mass is 336 g/mol. The molecule has 0 spiro atoms. The van der Waals surface area contributed by atoms with Crippen molar-refractivity contribution >= 4 is 46.4 Å². The molecule has 0 aliphatic heterocycles. The minimum absolute atomic E-state index is 0.298. The molecule has 2 aromatic rings. The fourth-order valence-electron chi connectivity index (χ4n) is 1.86. The highest BCUT2D eigenvalue weighted by molar-refractivity contribution is 6.33. The summed E-state index contributed by atoms with van der Waals surface area (Å²) < 4.78 is 0. The van der Waals surface area contributed by atoms with Crippen molar-refractivity contribution in [1.82, 2.24) is 0 Å². The molecule has 0 atom stereocenters. The molecule has 0 aromatic heterocycles. The van der Waals surface area contributed by atoms with E-state index >= 15 is 0 Å². The number of rotatable bonds is 4. The van der Waals surface area contributed by atoms with Crippen LogP contribution in [0.15, 0.2) is 42.5 Å². The largest absolute Gasteiger partial charge is 0.325 e. The molecule has 2 N–H and O–H groups in total. The van der Waals surface area contributed by atoms with Gasteiger partial charge in [0, 0.05) is 10.7 Å². The van der Waals surface area contributed by atoms with E-state index in [1.165, 1.54) is 0 Å². The number of para-hydroxylation sites is 1. The van der Waals surface area contributed by atoms with Gasteiger partial charge in [-0.05, 0) is 42.8 Å². The average molecular weight is 337 g/mol. The van der Waals surface area contributed by atoms with Crippen LogP contribution >= 0.6 is 23.2 Å². The smallest absolute Gasteiger partial charge is 0.233 e. The maximum atomic E-state index is 11.9. The second kappa shape index (κ2) is 7.29. The average Bonchev–Trinajstić information content (AvgIpc) is 2.44. The summed E-state index contributed by atoms with van der Waals surface area (Å²) >= 11 is 11.8. The highest BCUT2D eigenvalue weighted by Gasteiger charge is 2.12. The number of amides is 2.